The Morgan fingerprint density at radius 2 is 2.07 bits per heavy atom. The first-order valence-corrected chi connectivity index (χ1v) is 9.37. The number of carbonyl (C=O) groups excluding carboxylic acids is 1. The molecule has 1 atom stereocenters. The second-order valence-corrected chi connectivity index (χ2v) is 7.51. The molecule has 0 aromatic carbocycles. The summed E-state index contributed by atoms with van der Waals surface area (Å²) in [6.07, 6.45) is -0.367. The summed E-state index contributed by atoms with van der Waals surface area (Å²) in [5.41, 5.74) is 1.15. The van der Waals surface area contributed by atoms with Gasteiger partial charge in [-0.3, -0.25) is 14.7 Å². The van der Waals surface area contributed by atoms with Crippen LogP contribution < -0.4 is 0 Å². The average Bonchev–Trinajstić information content (AvgIpc) is 3.05. The summed E-state index contributed by atoms with van der Waals surface area (Å²) < 4.78 is 43.4. The molecule has 11 heteroatoms. The molecule has 1 N–H and O–H groups in total. The van der Waals surface area contributed by atoms with Crippen molar-refractivity contribution in [3.63, 3.8) is 0 Å². The lowest BCUT2D eigenvalue weighted by molar-refractivity contribution is -0.192. The van der Waals surface area contributed by atoms with Crippen LogP contribution in [0.2, 0.25) is 0 Å². The van der Waals surface area contributed by atoms with Crippen molar-refractivity contribution in [3.8, 4) is 0 Å². The fraction of sp³-hybridized carbons (Fsp3) is 0.632. The number of halogens is 3. The lowest BCUT2D eigenvalue weighted by atomic mass is 9.81. The number of aromatic nitrogens is 1. The third-order valence-corrected chi connectivity index (χ3v) is 5.00. The zero-order valence-electron chi connectivity index (χ0n) is 16.9. The van der Waals surface area contributed by atoms with Crippen molar-refractivity contribution < 1.29 is 37.3 Å². The van der Waals surface area contributed by atoms with Gasteiger partial charge in [0.15, 0.2) is 0 Å². The predicted molar refractivity (Wildman–Crippen MR) is 99.5 cm³/mol. The first kappa shape index (κ1) is 24.0. The van der Waals surface area contributed by atoms with Gasteiger partial charge < -0.3 is 19.5 Å². The minimum atomic E-state index is -5.08. The Morgan fingerprint density at radius 3 is 2.60 bits per heavy atom. The monoisotopic (exact) mass is 433 g/mol. The molecule has 0 aliphatic carbocycles. The van der Waals surface area contributed by atoms with Crippen LogP contribution in [0, 0.1) is 5.92 Å². The molecule has 0 saturated carbocycles. The van der Waals surface area contributed by atoms with E-state index < -0.39 is 12.1 Å². The molecule has 2 fully saturated rings. The van der Waals surface area contributed by atoms with Crippen molar-refractivity contribution >= 4 is 11.9 Å². The third kappa shape index (κ3) is 6.64. The molecular weight excluding hydrogens is 407 g/mol. The molecule has 0 radical (unpaired) electrons. The van der Waals surface area contributed by atoms with E-state index in [0.29, 0.717) is 12.5 Å². The SMILES string of the molecule is CN(C)C(=O)COCC1CCOC12CN(Cc1cccnc1)C2.O=C(O)C(F)(F)F. The number of carboxylic acids is 1. The van der Waals surface area contributed by atoms with Crippen LogP contribution in [0.4, 0.5) is 13.2 Å². The number of likely N-dealkylation sites (tertiary alicyclic amines) is 1. The van der Waals surface area contributed by atoms with Crippen molar-refractivity contribution in [2.75, 3.05) is 47.0 Å². The first-order valence-electron chi connectivity index (χ1n) is 9.37. The number of amides is 1. The van der Waals surface area contributed by atoms with Crippen molar-refractivity contribution in [2.45, 2.75) is 24.7 Å². The summed E-state index contributed by atoms with van der Waals surface area (Å²) in [4.78, 5) is 28.6. The van der Waals surface area contributed by atoms with Gasteiger partial charge in [-0.1, -0.05) is 6.07 Å². The molecule has 1 spiro atoms. The van der Waals surface area contributed by atoms with E-state index in [1.807, 2.05) is 12.3 Å². The molecule has 168 valence electrons. The molecule has 2 saturated heterocycles. The highest BCUT2D eigenvalue weighted by Gasteiger charge is 2.52. The third-order valence-electron chi connectivity index (χ3n) is 5.00. The lowest BCUT2D eigenvalue weighted by Gasteiger charge is -2.50. The molecule has 1 aromatic rings. The number of alkyl halides is 3. The van der Waals surface area contributed by atoms with Gasteiger partial charge in [0, 0.05) is 58.6 Å². The highest BCUT2D eigenvalue weighted by Crippen LogP contribution is 2.40. The molecule has 2 aliphatic heterocycles. The van der Waals surface area contributed by atoms with Crippen molar-refractivity contribution in [1.29, 1.82) is 0 Å². The minimum Gasteiger partial charge on any atom is -0.475 e. The Balaban J connectivity index is 0.000000396. The maximum Gasteiger partial charge on any atom is 0.490 e. The van der Waals surface area contributed by atoms with Crippen LogP contribution in [0.25, 0.3) is 0 Å². The fourth-order valence-corrected chi connectivity index (χ4v) is 3.36. The van der Waals surface area contributed by atoms with E-state index in [1.165, 1.54) is 5.56 Å². The summed E-state index contributed by atoms with van der Waals surface area (Å²) in [6.45, 7) is 4.30. The summed E-state index contributed by atoms with van der Waals surface area (Å²) in [7, 11) is 3.49. The van der Waals surface area contributed by atoms with Crippen LogP contribution >= 0.6 is 0 Å². The Labute approximate surface area is 172 Å². The highest BCUT2D eigenvalue weighted by molar-refractivity contribution is 5.76. The Hall–Kier alpha value is -2.24. The number of nitrogens with zero attached hydrogens (tertiary/aromatic N) is 3. The van der Waals surface area contributed by atoms with Gasteiger partial charge in [0.2, 0.25) is 5.91 Å². The van der Waals surface area contributed by atoms with Crippen molar-refractivity contribution in [2.24, 2.45) is 5.92 Å². The number of hydrogen-bond acceptors (Lipinski definition) is 6. The van der Waals surface area contributed by atoms with Gasteiger partial charge >= 0.3 is 12.1 Å². The minimum absolute atomic E-state index is 0.00442. The van der Waals surface area contributed by atoms with Crippen LogP contribution in [0.3, 0.4) is 0 Å². The Morgan fingerprint density at radius 1 is 1.40 bits per heavy atom. The van der Waals surface area contributed by atoms with Crippen molar-refractivity contribution in [1.82, 2.24) is 14.8 Å². The highest BCUT2D eigenvalue weighted by atomic mass is 19.4. The van der Waals surface area contributed by atoms with E-state index in [0.717, 1.165) is 32.7 Å². The van der Waals surface area contributed by atoms with E-state index in [-0.39, 0.29) is 18.1 Å². The van der Waals surface area contributed by atoms with Gasteiger partial charge in [0.05, 0.1) is 12.2 Å². The zero-order chi connectivity index (χ0) is 22.4. The quantitative estimate of drug-likeness (QED) is 0.725. The lowest BCUT2D eigenvalue weighted by Crippen LogP contribution is -2.64. The standard InChI is InChI=1S/C17H25N3O3.C2HF3O2/c1-19(2)16(21)11-22-10-15-5-7-23-17(15)12-20(13-17)9-14-4-3-6-18-8-14;3-2(4,5)1(6)7/h3-4,6,8,15H,5,7,9-13H2,1-2H3;(H,6,7). The summed E-state index contributed by atoms with van der Waals surface area (Å²) in [6, 6.07) is 4.07. The predicted octanol–water partition coefficient (Wildman–Crippen LogP) is 1.41. The van der Waals surface area contributed by atoms with Crippen LogP contribution in [0.5, 0.6) is 0 Å². The number of carboxylic acid groups (broad SMARTS) is 1. The van der Waals surface area contributed by atoms with Crippen molar-refractivity contribution in [3.05, 3.63) is 30.1 Å². The molecule has 30 heavy (non-hydrogen) atoms. The van der Waals surface area contributed by atoms with Crippen LogP contribution in [-0.4, -0.2) is 90.5 Å². The number of ether oxygens (including phenoxy) is 2. The maximum absolute atomic E-state index is 11.6. The van der Waals surface area contributed by atoms with Crippen LogP contribution in [0.1, 0.15) is 12.0 Å². The maximum atomic E-state index is 11.6. The number of rotatable bonds is 6. The van der Waals surface area contributed by atoms with E-state index >= 15 is 0 Å². The molecule has 2 aliphatic rings. The van der Waals surface area contributed by atoms with Gasteiger partial charge in [-0.2, -0.15) is 13.2 Å². The summed E-state index contributed by atoms with van der Waals surface area (Å²) >= 11 is 0. The molecule has 1 unspecified atom stereocenters. The van der Waals surface area contributed by atoms with Gasteiger partial charge in [0.1, 0.15) is 6.61 Å². The molecule has 3 heterocycles. The number of likely N-dealkylation sites (N-methyl/N-ethyl adjacent to an activating group) is 1. The molecule has 8 nitrogen and oxygen atoms in total. The number of aliphatic carboxylic acids is 1. The van der Waals surface area contributed by atoms with E-state index in [9.17, 15) is 18.0 Å². The van der Waals surface area contributed by atoms with Gasteiger partial charge in [-0.15, -0.1) is 0 Å². The Kier molecular flexibility index (Phi) is 8.16. The second kappa shape index (κ2) is 10.2. The molecule has 0 bridgehead atoms. The van der Waals surface area contributed by atoms with E-state index in [1.54, 1.807) is 25.2 Å². The summed E-state index contributed by atoms with van der Waals surface area (Å²) in [5, 5.41) is 7.12. The van der Waals surface area contributed by atoms with E-state index in [4.69, 9.17) is 19.4 Å². The average molecular weight is 433 g/mol. The number of pyridine rings is 1. The van der Waals surface area contributed by atoms with Gasteiger partial charge in [-0.25, -0.2) is 4.79 Å². The largest absolute Gasteiger partial charge is 0.490 e. The number of hydrogen-bond donors (Lipinski definition) is 1. The molecule has 1 aromatic heterocycles. The van der Waals surface area contributed by atoms with Crippen LogP contribution in [0.15, 0.2) is 24.5 Å². The first-order chi connectivity index (χ1) is 14.0. The topological polar surface area (TPSA) is 92.2 Å². The van der Waals surface area contributed by atoms with Gasteiger partial charge in [0.25, 0.3) is 0 Å². The molecular formula is C19H26F3N3O5. The summed E-state index contributed by atoms with van der Waals surface area (Å²) in [5.74, 6) is -2.38. The Bertz CT molecular complexity index is 709. The number of carbonyl (C=O) groups is 2. The fourth-order valence-electron chi connectivity index (χ4n) is 3.36. The van der Waals surface area contributed by atoms with Gasteiger partial charge in [-0.05, 0) is 18.1 Å². The molecule has 3 rings (SSSR count). The second-order valence-electron chi connectivity index (χ2n) is 7.51. The smallest absolute Gasteiger partial charge is 0.475 e. The molecule has 1 amide bonds. The van der Waals surface area contributed by atoms with Crippen LogP contribution in [-0.2, 0) is 25.6 Å². The zero-order valence-corrected chi connectivity index (χ0v) is 16.9. The normalized spacial score (nSPS) is 20.2. The van der Waals surface area contributed by atoms with E-state index in [2.05, 4.69) is 16.0 Å².